The molecule has 2 rings (SSSR count). The molecule has 1 heterocycles. The summed E-state index contributed by atoms with van der Waals surface area (Å²) in [6.45, 7) is 5.43. The minimum atomic E-state index is -0.496. The van der Waals surface area contributed by atoms with E-state index in [9.17, 15) is 9.59 Å². The van der Waals surface area contributed by atoms with Crippen molar-refractivity contribution in [2.45, 2.75) is 58.9 Å². The van der Waals surface area contributed by atoms with E-state index < -0.39 is 5.41 Å². The highest BCUT2D eigenvalue weighted by Gasteiger charge is 2.22. The lowest BCUT2D eigenvalue weighted by Gasteiger charge is -2.24. The van der Waals surface area contributed by atoms with E-state index in [2.05, 4.69) is 15.7 Å². The number of hydrogen-bond donors (Lipinski definition) is 2. The van der Waals surface area contributed by atoms with Crippen molar-refractivity contribution in [3.63, 3.8) is 0 Å². The van der Waals surface area contributed by atoms with Gasteiger partial charge in [0.25, 0.3) is 0 Å². The lowest BCUT2D eigenvalue weighted by Crippen LogP contribution is -2.39. The summed E-state index contributed by atoms with van der Waals surface area (Å²) < 4.78 is 1.91. The second-order valence-electron chi connectivity index (χ2n) is 6.93. The Morgan fingerprint density at radius 3 is 2.59 bits per heavy atom. The van der Waals surface area contributed by atoms with E-state index in [1.165, 1.54) is 19.3 Å². The maximum atomic E-state index is 12.0. The van der Waals surface area contributed by atoms with Crippen molar-refractivity contribution in [3.8, 4) is 0 Å². The van der Waals surface area contributed by atoms with Crippen LogP contribution in [0.4, 0.5) is 5.82 Å². The molecular formula is C16H26N4O2. The highest BCUT2D eigenvalue weighted by atomic mass is 16.2. The first-order valence-electron chi connectivity index (χ1n) is 7.99. The predicted molar refractivity (Wildman–Crippen MR) is 85.4 cm³/mol. The van der Waals surface area contributed by atoms with Gasteiger partial charge in [-0.1, -0.05) is 40.0 Å². The number of carbonyl (C=O) groups excluding carboxylic acids is 2. The van der Waals surface area contributed by atoms with Gasteiger partial charge in [-0.2, -0.15) is 5.10 Å². The molecule has 0 atom stereocenters. The van der Waals surface area contributed by atoms with Gasteiger partial charge in [-0.15, -0.1) is 0 Å². The molecule has 2 N–H and O–H groups in total. The minimum Gasteiger partial charge on any atom is -0.347 e. The van der Waals surface area contributed by atoms with Gasteiger partial charge in [0.2, 0.25) is 11.8 Å². The van der Waals surface area contributed by atoms with Crippen LogP contribution in [-0.4, -0.2) is 28.1 Å². The molecule has 0 spiro atoms. The average Bonchev–Trinajstić information content (AvgIpc) is 2.92. The Balaban J connectivity index is 1.89. The van der Waals surface area contributed by atoms with E-state index in [-0.39, 0.29) is 18.4 Å². The third kappa shape index (κ3) is 4.32. The Labute approximate surface area is 131 Å². The lowest BCUT2D eigenvalue weighted by atomic mass is 9.96. The standard InChI is InChI=1S/C16H26N4O2/c1-16(2,3)15(22)17-11-14(21)19-13-9-10-18-20(13)12-7-5-4-6-8-12/h9-10,12H,4-8,11H2,1-3H3,(H,17,22)(H,19,21). The van der Waals surface area contributed by atoms with Crippen LogP contribution in [0.15, 0.2) is 12.3 Å². The summed E-state index contributed by atoms with van der Waals surface area (Å²) in [5, 5.41) is 9.84. The molecular weight excluding hydrogens is 280 g/mol. The van der Waals surface area contributed by atoms with Crippen LogP contribution in [0.5, 0.6) is 0 Å². The Kier molecular flexibility index (Phi) is 5.21. The van der Waals surface area contributed by atoms with Crippen LogP contribution in [0.1, 0.15) is 58.9 Å². The summed E-state index contributed by atoms with van der Waals surface area (Å²) in [5.74, 6) is 0.348. The Bertz CT molecular complexity index is 524. The smallest absolute Gasteiger partial charge is 0.244 e. The quantitative estimate of drug-likeness (QED) is 0.897. The summed E-state index contributed by atoms with van der Waals surface area (Å²) in [4.78, 5) is 23.8. The minimum absolute atomic E-state index is 0.0219. The zero-order valence-corrected chi connectivity index (χ0v) is 13.7. The highest BCUT2D eigenvalue weighted by Crippen LogP contribution is 2.29. The van der Waals surface area contributed by atoms with Crippen molar-refractivity contribution in [2.24, 2.45) is 5.41 Å². The fourth-order valence-corrected chi connectivity index (χ4v) is 2.64. The molecule has 122 valence electrons. The highest BCUT2D eigenvalue weighted by molar-refractivity contribution is 5.94. The number of nitrogens with one attached hydrogen (secondary N) is 2. The zero-order valence-electron chi connectivity index (χ0n) is 13.7. The molecule has 0 aromatic carbocycles. The summed E-state index contributed by atoms with van der Waals surface area (Å²) in [6, 6.07) is 2.17. The molecule has 1 fully saturated rings. The van der Waals surface area contributed by atoms with Crippen LogP contribution in [0.25, 0.3) is 0 Å². The molecule has 1 aromatic heterocycles. The fraction of sp³-hybridized carbons (Fsp3) is 0.688. The number of nitrogens with zero attached hydrogens (tertiary/aromatic N) is 2. The third-order valence-electron chi connectivity index (χ3n) is 3.95. The number of aromatic nitrogens is 2. The number of anilines is 1. The second kappa shape index (κ2) is 6.94. The lowest BCUT2D eigenvalue weighted by molar-refractivity contribution is -0.130. The van der Waals surface area contributed by atoms with Gasteiger partial charge >= 0.3 is 0 Å². The molecule has 0 aliphatic heterocycles. The number of amides is 2. The van der Waals surface area contributed by atoms with Gasteiger partial charge < -0.3 is 10.6 Å². The van der Waals surface area contributed by atoms with Crippen molar-refractivity contribution in [2.75, 3.05) is 11.9 Å². The van der Waals surface area contributed by atoms with Gasteiger partial charge in [0.05, 0.1) is 18.8 Å². The summed E-state index contributed by atoms with van der Waals surface area (Å²) in [6.07, 6.45) is 7.60. The number of rotatable bonds is 4. The molecule has 1 aliphatic carbocycles. The van der Waals surface area contributed by atoms with Crippen LogP contribution in [0.2, 0.25) is 0 Å². The van der Waals surface area contributed by atoms with E-state index in [4.69, 9.17) is 0 Å². The van der Waals surface area contributed by atoms with Crippen molar-refractivity contribution in [1.82, 2.24) is 15.1 Å². The Hall–Kier alpha value is -1.85. The molecule has 6 heteroatoms. The van der Waals surface area contributed by atoms with Gasteiger partial charge in [-0.05, 0) is 12.8 Å². The number of hydrogen-bond acceptors (Lipinski definition) is 3. The van der Waals surface area contributed by atoms with Crippen molar-refractivity contribution < 1.29 is 9.59 Å². The van der Waals surface area contributed by atoms with Gasteiger partial charge in [0.15, 0.2) is 0 Å². The molecule has 6 nitrogen and oxygen atoms in total. The molecule has 2 amide bonds. The predicted octanol–water partition coefficient (Wildman–Crippen LogP) is 2.49. The maximum absolute atomic E-state index is 12.0. The molecule has 1 aliphatic rings. The van der Waals surface area contributed by atoms with E-state index >= 15 is 0 Å². The number of carbonyl (C=O) groups is 2. The SMILES string of the molecule is CC(C)(C)C(=O)NCC(=O)Nc1ccnn1C1CCCCC1. The van der Waals surface area contributed by atoms with E-state index in [1.807, 2.05) is 25.5 Å². The van der Waals surface area contributed by atoms with Crippen LogP contribution < -0.4 is 10.6 Å². The van der Waals surface area contributed by atoms with Crippen LogP contribution in [0, 0.1) is 5.41 Å². The topological polar surface area (TPSA) is 76.0 Å². The molecule has 0 radical (unpaired) electrons. The third-order valence-corrected chi connectivity index (χ3v) is 3.95. The van der Waals surface area contributed by atoms with E-state index in [1.54, 1.807) is 12.3 Å². The summed E-state index contributed by atoms with van der Waals surface area (Å²) in [7, 11) is 0. The molecule has 0 unspecified atom stereocenters. The fourth-order valence-electron chi connectivity index (χ4n) is 2.64. The van der Waals surface area contributed by atoms with E-state index in [0.717, 1.165) is 12.8 Å². The van der Waals surface area contributed by atoms with Crippen LogP contribution in [0.3, 0.4) is 0 Å². The molecule has 0 bridgehead atoms. The van der Waals surface area contributed by atoms with Gasteiger partial charge in [-0.3, -0.25) is 9.59 Å². The summed E-state index contributed by atoms with van der Waals surface area (Å²) in [5.41, 5.74) is -0.496. The summed E-state index contributed by atoms with van der Waals surface area (Å²) >= 11 is 0. The zero-order chi connectivity index (χ0) is 16.2. The van der Waals surface area contributed by atoms with Gasteiger partial charge in [-0.25, -0.2) is 4.68 Å². The molecule has 1 saturated carbocycles. The largest absolute Gasteiger partial charge is 0.347 e. The average molecular weight is 306 g/mol. The van der Waals surface area contributed by atoms with Gasteiger partial charge in [0.1, 0.15) is 5.82 Å². The van der Waals surface area contributed by atoms with Crippen molar-refractivity contribution in [3.05, 3.63) is 12.3 Å². The Morgan fingerprint density at radius 1 is 1.27 bits per heavy atom. The first-order chi connectivity index (χ1) is 10.4. The second-order valence-corrected chi connectivity index (χ2v) is 6.93. The first-order valence-corrected chi connectivity index (χ1v) is 7.99. The molecule has 1 aromatic rings. The van der Waals surface area contributed by atoms with Crippen LogP contribution in [-0.2, 0) is 9.59 Å². The monoisotopic (exact) mass is 306 g/mol. The van der Waals surface area contributed by atoms with Gasteiger partial charge in [0, 0.05) is 11.5 Å². The maximum Gasteiger partial charge on any atom is 0.244 e. The van der Waals surface area contributed by atoms with Crippen LogP contribution >= 0.6 is 0 Å². The van der Waals surface area contributed by atoms with E-state index in [0.29, 0.717) is 11.9 Å². The molecule has 22 heavy (non-hydrogen) atoms. The first kappa shape index (κ1) is 16.5. The Morgan fingerprint density at radius 2 is 1.95 bits per heavy atom. The van der Waals surface area contributed by atoms with Crippen molar-refractivity contribution >= 4 is 17.6 Å². The normalized spacial score (nSPS) is 16.3. The molecule has 0 saturated heterocycles. The van der Waals surface area contributed by atoms with Crippen molar-refractivity contribution in [1.29, 1.82) is 0 Å².